The third kappa shape index (κ3) is 3.03. The lowest BCUT2D eigenvalue weighted by Gasteiger charge is -2.29. The molecule has 3 rings (SSSR count). The molecule has 1 aliphatic carbocycles. The van der Waals surface area contributed by atoms with Crippen LogP contribution < -0.4 is 10.9 Å². The van der Waals surface area contributed by atoms with Gasteiger partial charge in [-0.25, -0.2) is 4.98 Å². The lowest BCUT2D eigenvalue weighted by atomic mass is 9.86. The van der Waals surface area contributed by atoms with Gasteiger partial charge in [0.2, 0.25) is 5.91 Å². The highest BCUT2D eigenvalue weighted by molar-refractivity contribution is 5.80. The summed E-state index contributed by atoms with van der Waals surface area (Å²) in [5, 5.41) is 3.09. The van der Waals surface area contributed by atoms with E-state index in [-0.39, 0.29) is 24.1 Å². The van der Waals surface area contributed by atoms with Gasteiger partial charge in [-0.3, -0.25) is 14.2 Å². The number of rotatable bonds is 3. The fourth-order valence-corrected chi connectivity index (χ4v) is 3.20. The predicted octanol–water partition coefficient (Wildman–Crippen LogP) is 2.09. The number of benzene rings is 1. The molecule has 0 unspecified atom stereocenters. The molecule has 1 aromatic carbocycles. The fraction of sp³-hybridized carbons (Fsp3) is 0.471. The van der Waals surface area contributed by atoms with E-state index in [1.165, 1.54) is 17.2 Å². The summed E-state index contributed by atoms with van der Waals surface area (Å²) in [5.74, 6) is 0.404. The fourth-order valence-electron chi connectivity index (χ4n) is 3.20. The number of nitrogens with one attached hydrogen (secondary N) is 1. The monoisotopic (exact) mass is 299 g/mol. The summed E-state index contributed by atoms with van der Waals surface area (Å²) in [5.41, 5.74) is 1.17. The van der Waals surface area contributed by atoms with E-state index in [4.69, 9.17) is 0 Å². The second-order valence-corrected chi connectivity index (χ2v) is 6.11. The maximum atomic E-state index is 12.3. The van der Waals surface area contributed by atoms with Gasteiger partial charge in [0.25, 0.3) is 5.56 Å². The summed E-state index contributed by atoms with van der Waals surface area (Å²) in [6.07, 6.45) is 5.86. The van der Waals surface area contributed by atoms with Crippen molar-refractivity contribution in [3.05, 3.63) is 40.8 Å². The zero-order valence-corrected chi connectivity index (χ0v) is 12.8. The van der Waals surface area contributed by atoms with Crippen LogP contribution in [0.4, 0.5) is 0 Å². The number of carbonyl (C=O) groups is 1. The van der Waals surface area contributed by atoms with Gasteiger partial charge in [-0.15, -0.1) is 0 Å². The van der Waals surface area contributed by atoms with E-state index in [9.17, 15) is 9.59 Å². The Morgan fingerprint density at radius 1 is 1.32 bits per heavy atom. The highest BCUT2D eigenvalue weighted by atomic mass is 16.2. The molecule has 0 saturated heterocycles. The molecule has 5 nitrogen and oxygen atoms in total. The molecule has 0 aliphatic heterocycles. The third-order valence-electron chi connectivity index (χ3n) is 4.51. The van der Waals surface area contributed by atoms with Crippen molar-refractivity contribution in [2.24, 2.45) is 5.92 Å². The first-order valence-corrected chi connectivity index (χ1v) is 7.89. The predicted molar refractivity (Wildman–Crippen MR) is 85.6 cm³/mol. The van der Waals surface area contributed by atoms with Crippen LogP contribution in [0.15, 0.2) is 35.3 Å². The largest absolute Gasteiger partial charge is 0.352 e. The van der Waals surface area contributed by atoms with Crippen LogP contribution in [0.5, 0.6) is 0 Å². The van der Waals surface area contributed by atoms with Gasteiger partial charge in [0.15, 0.2) is 0 Å². The standard InChI is InChI=1S/C17H21N3O2/c1-12-6-2-3-7-13(12)19-16(21)11-20-15-9-5-4-8-14(15)18-10-17(20)22/h4-5,8-10,12-13H,2-3,6-7,11H2,1H3,(H,19,21)/t12-,13+/m0/s1. The van der Waals surface area contributed by atoms with E-state index in [2.05, 4.69) is 17.2 Å². The molecule has 2 aromatic rings. The first kappa shape index (κ1) is 14.8. The molecule has 0 spiro atoms. The van der Waals surface area contributed by atoms with E-state index in [0.717, 1.165) is 24.8 Å². The Morgan fingerprint density at radius 3 is 2.91 bits per heavy atom. The smallest absolute Gasteiger partial charge is 0.269 e. The van der Waals surface area contributed by atoms with Crippen molar-refractivity contribution in [1.29, 1.82) is 0 Å². The topological polar surface area (TPSA) is 64.0 Å². The van der Waals surface area contributed by atoms with Crippen LogP contribution in [-0.4, -0.2) is 21.5 Å². The summed E-state index contributed by atoms with van der Waals surface area (Å²) < 4.78 is 1.49. The van der Waals surface area contributed by atoms with E-state index in [1.807, 2.05) is 24.3 Å². The van der Waals surface area contributed by atoms with E-state index in [0.29, 0.717) is 11.4 Å². The molecule has 1 N–H and O–H groups in total. The molecular weight excluding hydrogens is 278 g/mol. The van der Waals surface area contributed by atoms with Crippen LogP contribution in [-0.2, 0) is 11.3 Å². The molecule has 2 atom stereocenters. The first-order valence-electron chi connectivity index (χ1n) is 7.89. The van der Waals surface area contributed by atoms with Gasteiger partial charge in [0, 0.05) is 6.04 Å². The van der Waals surface area contributed by atoms with Gasteiger partial charge < -0.3 is 5.32 Å². The highest BCUT2D eigenvalue weighted by Crippen LogP contribution is 2.23. The van der Waals surface area contributed by atoms with Gasteiger partial charge in [0.05, 0.1) is 17.2 Å². The summed E-state index contributed by atoms with van der Waals surface area (Å²) in [4.78, 5) is 28.5. The van der Waals surface area contributed by atoms with Gasteiger partial charge in [-0.1, -0.05) is 31.9 Å². The lowest BCUT2D eigenvalue weighted by Crippen LogP contribution is -2.43. The molecular formula is C17H21N3O2. The van der Waals surface area contributed by atoms with Crippen molar-refractivity contribution in [2.45, 2.75) is 45.2 Å². The van der Waals surface area contributed by atoms with E-state index < -0.39 is 0 Å². The molecule has 1 amide bonds. The quantitative estimate of drug-likeness (QED) is 0.944. The van der Waals surface area contributed by atoms with Gasteiger partial charge >= 0.3 is 0 Å². The average molecular weight is 299 g/mol. The zero-order chi connectivity index (χ0) is 15.5. The Balaban J connectivity index is 1.79. The maximum absolute atomic E-state index is 12.3. The van der Waals surface area contributed by atoms with Gasteiger partial charge in [-0.05, 0) is 30.9 Å². The Bertz CT molecular complexity index is 738. The molecule has 1 aliphatic rings. The number of amides is 1. The Labute approximate surface area is 129 Å². The Morgan fingerprint density at radius 2 is 2.09 bits per heavy atom. The van der Waals surface area contributed by atoms with E-state index in [1.54, 1.807) is 0 Å². The van der Waals surface area contributed by atoms with Crippen LogP contribution >= 0.6 is 0 Å². The minimum Gasteiger partial charge on any atom is -0.352 e. The second-order valence-electron chi connectivity index (χ2n) is 6.11. The molecule has 1 heterocycles. The number of aromatic nitrogens is 2. The summed E-state index contributed by atoms with van der Waals surface area (Å²) in [7, 11) is 0. The molecule has 1 aromatic heterocycles. The molecule has 0 radical (unpaired) electrons. The summed E-state index contributed by atoms with van der Waals surface area (Å²) in [6.45, 7) is 2.23. The van der Waals surface area contributed by atoms with Crippen molar-refractivity contribution < 1.29 is 4.79 Å². The normalized spacial score (nSPS) is 21.7. The molecule has 22 heavy (non-hydrogen) atoms. The van der Waals surface area contributed by atoms with Crippen molar-refractivity contribution in [1.82, 2.24) is 14.9 Å². The number of hydrogen-bond donors (Lipinski definition) is 1. The van der Waals surface area contributed by atoms with Crippen molar-refractivity contribution in [2.75, 3.05) is 0 Å². The lowest BCUT2D eigenvalue weighted by molar-refractivity contribution is -0.122. The van der Waals surface area contributed by atoms with Crippen molar-refractivity contribution >= 4 is 16.9 Å². The summed E-state index contributed by atoms with van der Waals surface area (Å²) >= 11 is 0. The minimum absolute atomic E-state index is 0.0467. The number of para-hydroxylation sites is 2. The molecule has 5 heteroatoms. The van der Waals surface area contributed by atoms with Crippen LogP contribution in [0.2, 0.25) is 0 Å². The van der Waals surface area contributed by atoms with Crippen LogP contribution in [0.25, 0.3) is 11.0 Å². The summed E-state index contributed by atoms with van der Waals surface area (Å²) in [6, 6.07) is 7.60. The van der Waals surface area contributed by atoms with Crippen molar-refractivity contribution in [3.8, 4) is 0 Å². The zero-order valence-electron chi connectivity index (χ0n) is 12.8. The first-order chi connectivity index (χ1) is 10.6. The maximum Gasteiger partial charge on any atom is 0.269 e. The molecule has 1 fully saturated rings. The molecule has 0 bridgehead atoms. The average Bonchev–Trinajstić information content (AvgIpc) is 2.52. The van der Waals surface area contributed by atoms with Gasteiger partial charge in [0.1, 0.15) is 6.54 Å². The number of nitrogens with zero attached hydrogens (tertiary/aromatic N) is 2. The molecule has 1 saturated carbocycles. The number of carbonyl (C=O) groups excluding carboxylic acids is 1. The number of fused-ring (bicyclic) bond motifs is 1. The second kappa shape index (κ2) is 6.30. The van der Waals surface area contributed by atoms with E-state index >= 15 is 0 Å². The number of hydrogen-bond acceptors (Lipinski definition) is 3. The Hall–Kier alpha value is -2.17. The highest BCUT2D eigenvalue weighted by Gasteiger charge is 2.23. The minimum atomic E-state index is -0.245. The SMILES string of the molecule is C[C@H]1CCCC[C@H]1NC(=O)Cn1c(=O)cnc2ccccc21. The van der Waals surface area contributed by atoms with Crippen LogP contribution in [0, 0.1) is 5.92 Å². The van der Waals surface area contributed by atoms with Crippen molar-refractivity contribution in [3.63, 3.8) is 0 Å². The third-order valence-corrected chi connectivity index (χ3v) is 4.51. The van der Waals surface area contributed by atoms with Gasteiger partial charge in [-0.2, -0.15) is 0 Å². The van der Waals surface area contributed by atoms with Crippen LogP contribution in [0.1, 0.15) is 32.6 Å². The molecule has 116 valence electrons. The Kier molecular flexibility index (Phi) is 4.22. The van der Waals surface area contributed by atoms with Crippen LogP contribution in [0.3, 0.4) is 0 Å².